The highest BCUT2D eigenvalue weighted by molar-refractivity contribution is 7.81. The van der Waals surface area contributed by atoms with Gasteiger partial charge in [0.15, 0.2) is 0 Å². The highest BCUT2D eigenvalue weighted by atomic mass is 32.1. The molecule has 3 unspecified atom stereocenters. The summed E-state index contributed by atoms with van der Waals surface area (Å²) < 4.78 is 0.230. The van der Waals surface area contributed by atoms with Crippen LogP contribution in [0.15, 0.2) is 47.6 Å². The number of rotatable bonds is 5. The van der Waals surface area contributed by atoms with Crippen molar-refractivity contribution in [3.8, 4) is 0 Å². The Balaban J connectivity index is 1.68. The fourth-order valence-electron chi connectivity index (χ4n) is 5.34. The normalized spacial score (nSPS) is 35.8. The molecule has 0 spiro atoms. The topological polar surface area (TPSA) is 0 Å². The van der Waals surface area contributed by atoms with Crippen LogP contribution in [0.4, 0.5) is 0 Å². The molecule has 0 aromatic carbocycles. The third-order valence-electron chi connectivity index (χ3n) is 6.93. The first-order valence-electron chi connectivity index (χ1n) is 11.0. The molecule has 0 saturated heterocycles. The third-order valence-corrected chi connectivity index (χ3v) is 7.83. The van der Waals surface area contributed by atoms with Crippen LogP contribution in [0.5, 0.6) is 0 Å². The molecule has 0 amide bonds. The number of allylic oxidation sites excluding steroid dienone is 7. The summed E-state index contributed by atoms with van der Waals surface area (Å²) in [4.78, 5) is 0. The lowest BCUT2D eigenvalue weighted by molar-refractivity contribution is 0.326. The zero-order valence-corrected chi connectivity index (χ0v) is 17.9. The van der Waals surface area contributed by atoms with E-state index < -0.39 is 0 Å². The zero-order chi connectivity index (χ0) is 18.6. The molecule has 0 heterocycles. The van der Waals surface area contributed by atoms with Gasteiger partial charge in [0.05, 0.1) is 0 Å². The predicted octanol–water partition coefficient (Wildman–Crippen LogP) is 7.84. The Kier molecular flexibility index (Phi) is 6.94. The molecule has 26 heavy (non-hydrogen) atoms. The highest BCUT2D eigenvalue weighted by Gasteiger charge is 2.49. The van der Waals surface area contributed by atoms with Gasteiger partial charge < -0.3 is 0 Å². The van der Waals surface area contributed by atoms with Crippen LogP contribution in [0, 0.1) is 17.8 Å². The van der Waals surface area contributed by atoms with E-state index in [2.05, 4.69) is 44.7 Å². The summed E-state index contributed by atoms with van der Waals surface area (Å²) in [5.41, 5.74) is 4.55. The number of fused-ring (bicyclic) bond motifs is 1. The van der Waals surface area contributed by atoms with Crippen LogP contribution in [0.2, 0.25) is 0 Å². The van der Waals surface area contributed by atoms with Gasteiger partial charge in [0.1, 0.15) is 0 Å². The molecule has 0 N–H and O–H groups in total. The second-order valence-electron chi connectivity index (χ2n) is 9.25. The second-order valence-corrected chi connectivity index (χ2v) is 10.1. The molecule has 3 rings (SSSR count). The van der Waals surface area contributed by atoms with Crippen molar-refractivity contribution in [3.63, 3.8) is 0 Å². The molecule has 0 aromatic rings. The molecule has 0 radical (unpaired) electrons. The molecule has 3 fully saturated rings. The van der Waals surface area contributed by atoms with Crippen molar-refractivity contribution in [2.24, 2.45) is 17.8 Å². The van der Waals surface area contributed by atoms with Gasteiger partial charge in [-0.1, -0.05) is 55.9 Å². The van der Waals surface area contributed by atoms with Crippen LogP contribution < -0.4 is 0 Å². The quantitative estimate of drug-likeness (QED) is 0.370. The summed E-state index contributed by atoms with van der Waals surface area (Å²) in [5, 5.41) is 0. The number of hydrogen-bond donors (Lipinski definition) is 1. The van der Waals surface area contributed by atoms with Gasteiger partial charge in [-0.05, 0) is 94.0 Å². The van der Waals surface area contributed by atoms with Crippen LogP contribution in [0.25, 0.3) is 0 Å². The molecule has 3 aliphatic rings. The van der Waals surface area contributed by atoms with Gasteiger partial charge >= 0.3 is 0 Å². The minimum absolute atomic E-state index is 0.230. The fourth-order valence-corrected chi connectivity index (χ4v) is 6.02. The Bertz CT molecular complexity index is 591. The van der Waals surface area contributed by atoms with Gasteiger partial charge in [0, 0.05) is 4.75 Å². The standard InChI is InChI=1S/C25H38S/c1-19(2)9-4-7-13-23-16-17-24-22(12-8-18-25(23,24)26)15-14-21-11-6-5-10-20(21)3/h4,7,14-15,19,23-24,26H,3,5-6,8-13,16-18H2,1-2H3/b7-4+,21-14-,22-15+. The largest absolute Gasteiger partial charge is 0.172 e. The Labute approximate surface area is 167 Å². The molecule has 0 bridgehead atoms. The average Bonchev–Trinajstić information content (AvgIpc) is 2.95. The van der Waals surface area contributed by atoms with E-state index in [4.69, 9.17) is 12.6 Å². The first-order chi connectivity index (χ1) is 12.5. The van der Waals surface area contributed by atoms with Crippen molar-refractivity contribution < 1.29 is 0 Å². The summed E-state index contributed by atoms with van der Waals surface area (Å²) >= 11 is 5.33. The van der Waals surface area contributed by atoms with Crippen molar-refractivity contribution >= 4 is 12.6 Å². The molecule has 0 nitrogen and oxygen atoms in total. The van der Waals surface area contributed by atoms with Crippen LogP contribution in [0.1, 0.15) is 84.5 Å². The Hall–Kier alpha value is -0.690. The lowest BCUT2D eigenvalue weighted by Crippen LogP contribution is -2.37. The maximum Gasteiger partial charge on any atom is 0.0226 e. The first kappa shape index (κ1) is 20.1. The van der Waals surface area contributed by atoms with Crippen molar-refractivity contribution in [2.75, 3.05) is 0 Å². The molecular weight excluding hydrogens is 332 g/mol. The van der Waals surface area contributed by atoms with E-state index in [-0.39, 0.29) is 4.75 Å². The van der Waals surface area contributed by atoms with Gasteiger partial charge in [-0.15, -0.1) is 0 Å². The van der Waals surface area contributed by atoms with E-state index in [1.165, 1.54) is 81.8 Å². The summed E-state index contributed by atoms with van der Waals surface area (Å²) in [5.74, 6) is 2.20. The van der Waals surface area contributed by atoms with Crippen molar-refractivity contribution in [3.05, 3.63) is 47.6 Å². The fraction of sp³-hybridized carbons (Fsp3) is 0.680. The minimum atomic E-state index is 0.230. The van der Waals surface area contributed by atoms with Crippen LogP contribution in [0.3, 0.4) is 0 Å². The van der Waals surface area contributed by atoms with Crippen LogP contribution in [-0.2, 0) is 0 Å². The molecular formula is C25H38S. The molecule has 144 valence electrons. The molecule has 1 heteroatoms. The number of thiol groups is 1. The van der Waals surface area contributed by atoms with E-state index >= 15 is 0 Å². The van der Waals surface area contributed by atoms with E-state index in [0.717, 1.165) is 11.8 Å². The SMILES string of the molecule is C=C1CCCC/C1=C/C=C1\CCCC2(S)C(C/C=C/CC(C)C)CCC12. The van der Waals surface area contributed by atoms with E-state index in [1.54, 1.807) is 5.57 Å². The monoisotopic (exact) mass is 370 g/mol. The Morgan fingerprint density at radius 1 is 1.08 bits per heavy atom. The van der Waals surface area contributed by atoms with Crippen LogP contribution in [-0.4, -0.2) is 4.75 Å². The highest BCUT2D eigenvalue weighted by Crippen LogP contribution is 2.56. The molecule has 3 aliphatic carbocycles. The van der Waals surface area contributed by atoms with E-state index in [1.807, 2.05) is 0 Å². The lowest BCUT2D eigenvalue weighted by Gasteiger charge is -2.41. The third kappa shape index (κ3) is 4.58. The predicted molar refractivity (Wildman–Crippen MR) is 119 cm³/mol. The number of hydrogen-bond acceptors (Lipinski definition) is 1. The second kappa shape index (κ2) is 9.00. The molecule has 3 saturated carbocycles. The molecule has 3 atom stereocenters. The van der Waals surface area contributed by atoms with Crippen molar-refractivity contribution in [1.82, 2.24) is 0 Å². The maximum atomic E-state index is 5.33. The van der Waals surface area contributed by atoms with E-state index in [0.29, 0.717) is 5.92 Å². The Morgan fingerprint density at radius 3 is 2.65 bits per heavy atom. The zero-order valence-electron chi connectivity index (χ0n) is 17.0. The molecule has 0 aromatic heterocycles. The Morgan fingerprint density at radius 2 is 1.88 bits per heavy atom. The van der Waals surface area contributed by atoms with E-state index in [9.17, 15) is 0 Å². The first-order valence-corrected chi connectivity index (χ1v) is 11.4. The summed E-state index contributed by atoms with van der Waals surface area (Å²) in [6, 6.07) is 0. The minimum Gasteiger partial charge on any atom is -0.172 e. The average molecular weight is 371 g/mol. The van der Waals surface area contributed by atoms with Gasteiger partial charge in [-0.25, -0.2) is 0 Å². The van der Waals surface area contributed by atoms with Gasteiger partial charge in [0.2, 0.25) is 0 Å². The van der Waals surface area contributed by atoms with Gasteiger partial charge in [-0.2, -0.15) is 12.6 Å². The van der Waals surface area contributed by atoms with Gasteiger partial charge in [0.25, 0.3) is 0 Å². The summed E-state index contributed by atoms with van der Waals surface area (Å²) in [7, 11) is 0. The maximum absolute atomic E-state index is 5.33. The summed E-state index contributed by atoms with van der Waals surface area (Å²) in [6.45, 7) is 8.88. The summed E-state index contributed by atoms with van der Waals surface area (Å²) in [6.07, 6.45) is 23.8. The van der Waals surface area contributed by atoms with Crippen molar-refractivity contribution in [1.29, 1.82) is 0 Å². The smallest absolute Gasteiger partial charge is 0.0226 e. The van der Waals surface area contributed by atoms with Crippen LogP contribution >= 0.6 is 12.6 Å². The molecule has 0 aliphatic heterocycles. The lowest BCUT2D eigenvalue weighted by atomic mass is 9.73. The van der Waals surface area contributed by atoms with Gasteiger partial charge in [-0.3, -0.25) is 0 Å². The van der Waals surface area contributed by atoms with Crippen molar-refractivity contribution in [2.45, 2.75) is 89.2 Å².